The van der Waals surface area contributed by atoms with E-state index in [1.807, 2.05) is 0 Å². The zero-order chi connectivity index (χ0) is 9.14. The molecule has 0 saturated carbocycles. The van der Waals surface area contributed by atoms with Crippen LogP contribution in [0.1, 0.15) is 6.42 Å². The van der Waals surface area contributed by atoms with Crippen molar-refractivity contribution in [2.24, 2.45) is 5.73 Å². The maximum absolute atomic E-state index is 10.6. The molecule has 0 spiro atoms. The zero-order valence-electron chi connectivity index (χ0n) is 6.64. The molecule has 68 valence electrons. The summed E-state index contributed by atoms with van der Waals surface area (Å²) in [6.45, 7) is -0.427. The molecule has 2 atom stereocenters. The lowest BCUT2D eigenvalue weighted by molar-refractivity contribution is -0.137. The average Bonchev–Trinajstić information content (AvgIpc) is 2.32. The molecule has 1 aliphatic rings. The van der Waals surface area contributed by atoms with Crippen LogP contribution in [0.2, 0.25) is 12.1 Å². The highest BCUT2D eigenvalue weighted by atomic mass is 16.4. The van der Waals surface area contributed by atoms with Crippen LogP contribution in [0.4, 0.5) is 0 Å². The van der Waals surface area contributed by atoms with Gasteiger partial charge in [-0.25, -0.2) is 0 Å². The monoisotopic (exact) mass is 173 g/mol. The van der Waals surface area contributed by atoms with Crippen molar-refractivity contribution in [1.82, 2.24) is 0 Å². The largest absolute Gasteiger partial charge is 0.481 e. The van der Waals surface area contributed by atoms with Crippen molar-refractivity contribution < 1.29 is 19.7 Å². The fourth-order valence-corrected chi connectivity index (χ4v) is 1.54. The molecule has 12 heavy (non-hydrogen) atoms. The van der Waals surface area contributed by atoms with E-state index in [1.54, 1.807) is 0 Å². The van der Waals surface area contributed by atoms with Gasteiger partial charge in [-0.1, -0.05) is 0 Å². The number of aliphatic hydroxyl groups excluding tert-OH is 1. The van der Waals surface area contributed by atoms with Crippen LogP contribution in [-0.4, -0.2) is 35.9 Å². The summed E-state index contributed by atoms with van der Waals surface area (Å²) < 4.78 is 4.98. The van der Waals surface area contributed by atoms with Crippen LogP contribution in [0.5, 0.6) is 0 Å². The number of hydrogen-bond acceptors (Lipinski definition) is 4. The second-order valence-corrected chi connectivity index (χ2v) is 2.94. The summed E-state index contributed by atoms with van der Waals surface area (Å²) >= 11 is 0. The highest BCUT2D eigenvalue weighted by molar-refractivity contribution is 6.59. The van der Waals surface area contributed by atoms with Crippen molar-refractivity contribution in [1.29, 1.82) is 0 Å². The van der Waals surface area contributed by atoms with Gasteiger partial charge in [-0.15, -0.1) is 0 Å². The molecule has 4 N–H and O–H groups in total. The van der Waals surface area contributed by atoms with E-state index in [0.717, 1.165) is 0 Å². The second kappa shape index (κ2) is 3.89. The van der Waals surface area contributed by atoms with Gasteiger partial charge in [0.25, 0.3) is 0 Å². The van der Waals surface area contributed by atoms with Gasteiger partial charge in [0.2, 0.25) is 0 Å². The quantitative estimate of drug-likeness (QED) is 0.381. The number of carbonyl (C=O) groups is 1. The van der Waals surface area contributed by atoms with Crippen molar-refractivity contribution in [2.45, 2.75) is 24.7 Å². The normalized spacial score (nSPS) is 29.3. The van der Waals surface area contributed by atoms with Gasteiger partial charge in [0.1, 0.15) is 0 Å². The molecule has 0 radical (unpaired) electrons. The van der Waals surface area contributed by atoms with Gasteiger partial charge in [0.05, 0.1) is 18.7 Å². The van der Waals surface area contributed by atoms with Gasteiger partial charge >= 0.3 is 12.9 Å². The topological polar surface area (TPSA) is 92.8 Å². The van der Waals surface area contributed by atoms with Gasteiger partial charge in [-0.2, -0.15) is 0 Å². The smallest absolute Gasteiger partial charge is 0.311 e. The Hall–Kier alpha value is -0.585. The Balaban J connectivity index is 2.53. The minimum absolute atomic E-state index is 0.00116. The highest BCUT2D eigenvalue weighted by Gasteiger charge is 2.42. The molecule has 1 saturated heterocycles. The van der Waals surface area contributed by atoms with E-state index in [-0.39, 0.29) is 13.2 Å². The predicted octanol–water partition coefficient (Wildman–Crippen LogP) is -0.870. The van der Waals surface area contributed by atoms with E-state index < -0.39 is 24.8 Å². The van der Waals surface area contributed by atoms with Gasteiger partial charge in [0, 0.05) is 0 Å². The van der Waals surface area contributed by atoms with Crippen LogP contribution < -0.4 is 5.73 Å². The summed E-state index contributed by atoms with van der Waals surface area (Å²) in [6.07, 6.45) is 0.0661. The van der Waals surface area contributed by atoms with E-state index in [2.05, 4.69) is 0 Å². The van der Waals surface area contributed by atoms with Crippen molar-refractivity contribution in [3.8, 4) is 0 Å². The summed E-state index contributed by atoms with van der Waals surface area (Å²) in [5, 5.41) is 17.9. The summed E-state index contributed by atoms with van der Waals surface area (Å²) in [6, 6.07) is 0. The zero-order valence-corrected chi connectivity index (χ0v) is 6.64. The Morgan fingerprint density at radius 3 is 2.92 bits per heavy atom. The Morgan fingerprint density at radius 2 is 2.42 bits per heavy atom. The van der Waals surface area contributed by atoms with Crippen LogP contribution >= 0.6 is 0 Å². The molecule has 5 nitrogen and oxygen atoms in total. The van der Waals surface area contributed by atoms with Gasteiger partial charge in [-0.3, -0.25) is 4.79 Å². The molecule has 0 aromatic rings. The molecule has 0 amide bonds. The number of hydrogen-bond donors (Lipinski definition) is 3. The molecule has 1 fully saturated rings. The van der Waals surface area contributed by atoms with Crippen molar-refractivity contribution in [2.75, 3.05) is 6.73 Å². The molecule has 0 aromatic heterocycles. The van der Waals surface area contributed by atoms with Crippen LogP contribution in [-0.2, 0) is 9.45 Å². The first-order chi connectivity index (χ1) is 5.65. The Bertz CT molecular complexity index is 177. The number of carboxylic acid groups (broad SMARTS) is 1. The number of nitrogens with two attached hydrogens (primary N) is 1. The van der Waals surface area contributed by atoms with Crippen molar-refractivity contribution >= 4 is 12.9 Å². The lowest BCUT2D eigenvalue weighted by Gasteiger charge is -2.10. The van der Waals surface area contributed by atoms with Crippen LogP contribution in [0.15, 0.2) is 0 Å². The van der Waals surface area contributed by atoms with E-state index >= 15 is 0 Å². The van der Waals surface area contributed by atoms with Crippen LogP contribution in [0.3, 0.4) is 0 Å². The van der Waals surface area contributed by atoms with Crippen molar-refractivity contribution in [3.05, 3.63) is 0 Å². The minimum atomic E-state index is -0.926. The molecule has 0 aromatic carbocycles. The Morgan fingerprint density at radius 1 is 1.75 bits per heavy atom. The SMILES string of the molecule is NCOB1C[C@H](O)C[C@H]1C(=O)O. The molecule has 0 unspecified atom stereocenters. The summed E-state index contributed by atoms with van der Waals surface area (Å²) in [4.78, 5) is 10.6. The third-order valence-electron chi connectivity index (χ3n) is 2.11. The fraction of sp³-hybridized carbons (Fsp3) is 0.833. The highest BCUT2D eigenvalue weighted by Crippen LogP contribution is 2.31. The lowest BCUT2D eigenvalue weighted by atomic mass is 9.58. The first-order valence-electron chi connectivity index (χ1n) is 3.87. The van der Waals surface area contributed by atoms with Gasteiger partial charge in [0.15, 0.2) is 0 Å². The van der Waals surface area contributed by atoms with E-state index in [4.69, 9.17) is 20.6 Å². The predicted molar refractivity (Wildman–Crippen MR) is 42.7 cm³/mol. The maximum Gasteiger partial charge on any atom is 0.311 e. The average molecular weight is 173 g/mol. The van der Waals surface area contributed by atoms with Crippen LogP contribution in [0.25, 0.3) is 0 Å². The number of rotatable bonds is 3. The fourth-order valence-electron chi connectivity index (χ4n) is 1.54. The second-order valence-electron chi connectivity index (χ2n) is 2.94. The van der Waals surface area contributed by atoms with Crippen molar-refractivity contribution in [3.63, 3.8) is 0 Å². The summed E-state index contributed by atoms with van der Waals surface area (Å²) in [7, 11) is 0. The van der Waals surface area contributed by atoms with Gasteiger partial charge < -0.3 is 20.6 Å². The molecular weight excluding hydrogens is 161 g/mol. The number of aliphatic hydroxyl groups is 1. The number of aliphatic carboxylic acids is 1. The molecule has 1 heterocycles. The third-order valence-corrected chi connectivity index (χ3v) is 2.11. The Labute approximate surface area is 70.6 Å². The molecule has 1 aliphatic heterocycles. The van der Waals surface area contributed by atoms with Gasteiger partial charge in [-0.05, 0) is 12.7 Å². The minimum Gasteiger partial charge on any atom is -0.481 e. The third kappa shape index (κ3) is 1.97. The van der Waals surface area contributed by atoms with E-state index in [9.17, 15) is 4.79 Å². The molecule has 6 heteroatoms. The van der Waals surface area contributed by atoms with E-state index in [1.165, 1.54) is 0 Å². The summed E-state index contributed by atoms with van der Waals surface area (Å²) in [5.74, 6) is -1.53. The lowest BCUT2D eigenvalue weighted by Crippen LogP contribution is -2.27. The molecule has 1 rings (SSSR count). The number of carboxylic acids is 1. The Kier molecular flexibility index (Phi) is 3.08. The maximum atomic E-state index is 10.6. The molecule has 0 aliphatic carbocycles. The van der Waals surface area contributed by atoms with Crippen LogP contribution in [0, 0.1) is 0 Å². The van der Waals surface area contributed by atoms with E-state index in [0.29, 0.717) is 6.32 Å². The standard InChI is InChI=1S/C6H12BNO4/c8-3-12-7-2-4(9)1-5(7)6(10)11/h4-5,9H,1-3,8H2,(H,10,11)/t4-,5+/m1/s1. The first-order valence-corrected chi connectivity index (χ1v) is 3.87. The summed E-state index contributed by atoms with van der Waals surface area (Å²) in [5.41, 5.74) is 5.12. The first kappa shape index (κ1) is 9.50. The molecular formula is C6H12BNO4. The molecule has 0 bridgehead atoms.